The Labute approximate surface area is 142 Å². The molecule has 3 rings (SSSR count). The normalized spacial score (nSPS) is 13.8. The second-order valence-electron chi connectivity index (χ2n) is 5.42. The molecule has 0 fully saturated rings. The molecule has 9 heteroatoms. The van der Waals surface area contributed by atoms with E-state index in [1.165, 1.54) is 12.1 Å². The van der Waals surface area contributed by atoms with Crippen LogP contribution in [0.15, 0.2) is 30.3 Å². The van der Waals surface area contributed by atoms with Crippen molar-refractivity contribution in [2.24, 2.45) is 0 Å². The standard InChI is InChI=1S/C16H13F2NO5S/c1-25(21,22)19-12-8-15-10(13(20)4-5-23-15)7-16(12)24-14-3-2-9(17)6-11(14)18/h2-3,6-8,19H,4-5H2,1H3. The fourth-order valence-electron chi connectivity index (χ4n) is 2.33. The number of hydrogen-bond donors (Lipinski definition) is 1. The molecule has 0 atom stereocenters. The molecule has 0 saturated heterocycles. The minimum atomic E-state index is -3.67. The number of sulfonamides is 1. The number of ether oxygens (including phenoxy) is 2. The van der Waals surface area contributed by atoms with Gasteiger partial charge in [-0.3, -0.25) is 9.52 Å². The van der Waals surface area contributed by atoms with Crippen molar-refractivity contribution in [1.82, 2.24) is 0 Å². The highest BCUT2D eigenvalue weighted by Gasteiger charge is 2.23. The molecule has 0 spiro atoms. The molecule has 0 amide bonds. The molecule has 0 unspecified atom stereocenters. The molecular weight excluding hydrogens is 356 g/mol. The molecule has 2 aromatic carbocycles. The van der Waals surface area contributed by atoms with E-state index in [2.05, 4.69) is 4.72 Å². The maximum Gasteiger partial charge on any atom is 0.229 e. The number of carbonyl (C=O) groups excluding carboxylic acids is 1. The van der Waals surface area contributed by atoms with Gasteiger partial charge in [0, 0.05) is 18.6 Å². The average Bonchev–Trinajstić information content (AvgIpc) is 2.50. The summed E-state index contributed by atoms with van der Waals surface area (Å²) in [5.74, 6) is -2.18. The van der Waals surface area contributed by atoms with Crippen molar-refractivity contribution < 1.29 is 31.5 Å². The Morgan fingerprint density at radius 3 is 2.60 bits per heavy atom. The van der Waals surface area contributed by atoms with E-state index in [4.69, 9.17) is 9.47 Å². The Bertz CT molecular complexity index is 959. The molecule has 0 aliphatic carbocycles. The number of hydrogen-bond acceptors (Lipinski definition) is 5. The van der Waals surface area contributed by atoms with Crippen molar-refractivity contribution in [1.29, 1.82) is 0 Å². The van der Waals surface area contributed by atoms with Crippen LogP contribution < -0.4 is 14.2 Å². The Hall–Kier alpha value is -2.68. The summed E-state index contributed by atoms with van der Waals surface area (Å²) < 4.78 is 62.9. The smallest absolute Gasteiger partial charge is 0.229 e. The van der Waals surface area contributed by atoms with Crippen LogP contribution in [-0.2, 0) is 10.0 Å². The van der Waals surface area contributed by atoms with Gasteiger partial charge in [-0.15, -0.1) is 0 Å². The quantitative estimate of drug-likeness (QED) is 0.896. The van der Waals surface area contributed by atoms with Crippen molar-refractivity contribution in [3.05, 3.63) is 47.5 Å². The van der Waals surface area contributed by atoms with Crippen LogP contribution in [0.2, 0.25) is 0 Å². The number of carbonyl (C=O) groups is 1. The summed E-state index contributed by atoms with van der Waals surface area (Å²) in [5.41, 5.74) is 0.169. The molecule has 25 heavy (non-hydrogen) atoms. The SMILES string of the molecule is CS(=O)(=O)Nc1cc2c(cc1Oc1ccc(F)cc1F)C(=O)CCO2. The second-order valence-corrected chi connectivity index (χ2v) is 7.17. The van der Waals surface area contributed by atoms with Crippen molar-refractivity contribution in [3.8, 4) is 17.2 Å². The first-order valence-corrected chi connectivity index (χ1v) is 9.07. The summed E-state index contributed by atoms with van der Waals surface area (Å²) in [7, 11) is -3.67. The number of Topliss-reactive ketones (excluding diaryl/α,β-unsaturated/α-hetero) is 1. The summed E-state index contributed by atoms with van der Waals surface area (Å²) in [6.07, 6.45) is 1.09. The lowest BCUT2D eigenvalue weighted by Crippen LogP contribution is -2.17. The molecule has 1 N–H and O–H groups in total. The third-order valence-corrected chi connectivity index (χ3v) is 3.97. The van der Waals surface area contributed by atoms with Gasteiger partial charge in [0.05, 0.1) is 24.1 Å². The lowest BCUT2D eigenvalue weighted by molar-refractivity contribution is 0.0933. The van der Waals surface area contributed by atoms with E-state index in [1.54, 1.807) is 0 Å². The molecule has 1 heterocycles. The Morgan fingerprint density at radius 2 is 1.92 bits per heavy atom. The van der Waals surface area contributed by atoms with Gasteiger partial charge in [0.15, 0.2) is 23.1 Å². The molecular formula is C16H13F2NO5S. The number of fused-ring (bicyclic) bond motifs is 1. The summed E-state index contributed by atoms with van der Waals surface area (Å²) in [6, 6.07) is 5.25. The molecule has 132 valence electrons. The number of ketones is 1. The van der Waals surface area contributed by atoms with Gasteiger partial charge in [-0.2, -0.15) is 0 Å². The Balaban J connectivity index is 2.08. The summed E-state index contributed by atoms with van der Waals surface area (Å²) >= 11 is 0. The summed E-state index contributed by atoms with van der Waals surface area (Å²) in [6.45, 7) is 0.178. The van der Waals surface area contributed by atoms with Crippen molar-refractivity contribution in [2.75, 3.05) is 17.6 Å². The summed E-state index contributed by atoms with van der Waals surface area (Å²) in [5, 5.41) is 0. The van der Waals surface area contributed by atoms with Crippen molar-refractivity contribution in [3.63, 3.8) is 0 Å². The first-order chi connectivity index (χ1) is 11.7. The zero-order valence-corrected chi connectivity index (χ0v) is 13.8. The van der Waals surface area contributed by atoms with Crippen molar-refractivity contribution in [2.45, 2.75) is 6.42 Å². The van der Waals surface area contributed by atoms with E-state index in [1.807, 2.05) is 0 Å². The van der Waals surface area contributed by atoms with Gasteiger partial charge in [-0.25, -0.2) is 17.2 Å². The van der Waals surface area contributed by atoms with Crippen LogP contribution in [-0.4, -0.2) is 27.1 Å². The minimum absolute atomic E-state index is 0.0281. The highest BCUT2D eigenvalue weighted by Crippen LogP contribution is 2.39. The first-order valence-electron chi connectivity index (χ1n) is 7.18. The topological polar surface area (TPSA) is 81.7 Å². The molecule has 2 aromatic rings. The van der Waals surface area contributed by atoms with E-state index in [-0.39, 0.29) is 47.3 Å². The fourth-order valence-corrected chi connectivity index (χ4v) is 2.88. The summed E-state index contributed by atoms with van der Waals surface area (Å²) in [4.78, 5) is 12.0. The van der Waals surface area contributed by atoms with E-state index < -0.39 is 21.7 Å². The highest BCUT2D eigenvalue weighted by molar-refractivity contribution is 7.92. The zero-order valence-electron chi connectivity index (χ0n) is 13.0. The van der Waals surface area contributed by atoms with Gasteiger partial charge < -0.3 is 9.47 Å². The average molecular weight is 369 g/mol. The van der Waals surface area contributed by atoms with Gasteiger partial charge in [0.1, 0.15) is 11.6 Å². The van der Waals surface area contributed by atoms with Crippen LogP contribution in [0.25, 0.3) is 0 Å². The van der Waals surface area contributed by atoms with Crippen LogP contribution in [0.3, 0.4) is 0 Å². The third kappa shape index (κ3) is 3.87. The van der Waals surface area contributed by atoms with E-state index in [0.29, 0.717) is 6.07 Å². The Morgan fingerprint density at radius 1 is 1.16 bits per heavy atom. The molecule has 6 nitrogen and oxygen atoms in total. The number of benzene rings is 2. The maximum absolute atomic E-state index is 13.8. The monoisotopic (exact) mass is 369 g/mol. The fraction of sp³-hybridized carbons (Fsp3) is 0.188. The van der Waals surface area contributed by atoms with Crippen LogP contribution in [0.5, 0.6) is 17.2 Å². The van der Waals surface area contributed by atoms with Gasteiger partial charge in [0.2, 0.25) is 10.0 Å². The maximum atomic E-state index is 13.8. The van der Waals surface area contributed by atoms with E-state index in [0.717, 1.165) is 18.4 Å². The van der Waals surface area contributed by atoms with Gasteiger partial charge in [-0.1, -0.05) is 0 Å². The molecule has 0 saturated carbocycles. The number of rotatable bonds is 4. The predicted molar refractivity (Wildman–Crippen MR) is 85.8 cm³/mol. The van der Waals surface area contributed by atoms with Crippen molar-refractivity contribution >= 4 is 21.5 Å². The predicted octanol–water partition coefficient (Wildman–Crippen LogP) is 3.09. The van der Waals surface area contributed by atoms with E-state index in [9.17, 15) is 22.0 Å². The molecule has 0 bridgehead atoms. The van der Waals surface area contributed by atoms with Crippen LogP contribution in [0.4, 0.5) is 14.5 Å². The first kappa shape index (κ1) is 17.2. The zero-order chi connectivity index (χ0) is 18.2. The molecule has 0 aromatic heterocycles. The van der Waals surface area contributed by atoms with Crippen LogP contribution in [0.1, 0.15) is 16.8 Å². The largest absolute Gasteiger partial charge is 0.492 e. The third-order valence-electron chi connectivity index (χ3n) is 3.38. The lowest BCUT2D eigenvalue weighted by atomic mass is 10.0. The van der Waals surface area contributed by atoms with Gasteiger partial charge >= 0.3 is 0 Å². The lowest BCUT2D eigenvalue weighted by Gasteiger charge is -2.20. The molecule has 1 aliphatic heterocycles. The highest BCUT2D eigenvalue weighted by atomic mass is 32.2. The number of anilines is 1. The number of halogens is 2. The molecule has 1 aliphatic rings. The molecule has 0 radical (unpaired) electrons. The second kappa shape index (κ2) is 6.32. The number of nitrogens with one attached hydrogen (secondary N) is 1. The van der Waals surface area contributed by atoms with E-state index >= 15 is 0 Å². The van der Waals surface area contributed by atoms with Crippen LogP contribution in [0, 0.1) is 11.6 Å². The van der Waals surface area contributed by atoms with Crippen LogP contribution >= 0.6 is 0 Å². The van der Waals surface area contributed by atoms with Gasteiger partial charge in [-0.05, 0) is 18.2 Å². The minimum Gasteiger partial charge on any atom is -0.492 e. The Kier molecular flexibility index (Phi) is 4.34. The van der Waals surface area contributed by atoms with Gasteiger partial charge in [0.25, 0.3) is 0 Å².